The molecule has 0 amide bonds. The lowest BCUT2D eigenvalue weighted by Gasteiger charge is -2.33. The lowest BCUT2D eigenvalue weighted by Crippen LogP contribution is -2.33. The molecule has 1 aliphatic heterocycles. The third-order valence-corrected chi connectivity index (χ3v) is 4.35. The summed E-state index contributed by atoms with van der Waals surface area (Å²) in [5.41, 5.74) is 2.65. The van der Waals surface area contributed by atoms with E-state index in [0.717, 1.165) is 25.1 Å². The summed E-state index contributed by atoms with van der Waals surface area (Å²) >= 11 is 1.92. The van der Waals surface area contributed by atoms with Gasteiger partial charge in [-0.3, -0.25) is 0 Å². The highest BCUT2D eigenvalue weighted by atomic mass is 32.2. The summed E-state index contributed by atoms with van der Waals surface area (Å²) in [4.78, 5) is 0. The van der Waals surface area contributed by atoms with Gasteiger partial charge in [0.1, 0.15) is 11.9 Å². The van der Waals surface area contributed by atoms with E-state index in [2.05, 4.69) is 43.6 Å². The molecule has 2 nitrogen and oxygen atoms in total. The van der Waals surface area contributed by atoms with Gasteiger partial charge in [0.15, 0.2) is 0 Å². The van der Waals surface area contributed by atoms with Crippen molar-refractivity contribution >= 4 is 11.8 Å². The zero-order chi connectivity index (χ0) is 13.7. The van der Waals surface area contributed by atoms with Crippen LogP contribution in [0, 0.1) is 6.92 Å². The molecule has 2 atom stereocenters. The van der Waals surface area contributed by atoms with Crippen LogP contribution in [0.25, 0.3) is 0 Å². The van der Waals surface area contributed by atoms with Crippen LogP contribution < -0.4 is 10.1 Å². The molecule has 0 fully saturated rings. The van der Waals surface area contributed by atoms with Crippen LogP contribution in [0.1, 0.15) is 43.4 Å². The van der Waals surface area contributed by atoms with Crippen molar-refractivity contribution in [2.75, 3.05) is 18.6 Å². The van der Waals surface area contributed by atoms with Gasteiger partial charge >= 0.3 is 0 Å². The summed E-state index contributed by atoms with van der Waals surface area (Å²) in [5.74, 6) is 2.31. The zero-order valence-electron chi connectivity index (χ0n) is 12.2. The van der Waals surface area contributed by atoms with Crippen molar-refractivity contribution in [3.8, 4) is 5.75 Å². The summed E-state index contributed by atoms with van der Waals surface area (Å²) in [6.07, 6.45) is 6.04. The summed E-state index contributed by atoms with van der Waals surface area (Å²) in [7, 11) is 0. The highest BCUT2D eigenvalue weighted by molar-refractivity contribution is 7.98. The minimum atomic E-state index is 0.367. The molecule has 0 bridgehead atoms. The van der Waals surface area contributed by atoms with Gasteiger partial charge in [0, 0.05) is 18.0 Å². The molecule has 1 heterocycles. The van der Waals surface area contributed by atoms with Crippen molar-refractivity contribution < 1.29 is 4.74 Å². The Kier molecular flexibility index (Phi) is 5.59. The number of benzene rings is 1. The van der Waals surface area contributed by atoms with Crippen molar-refractivity contribution in [1.82, 2.24) is 5.32 Å². The minimum absolute atomic E-state index is 0.367. The average molecular weight is 279 g/mol. The van der Waals surface area contributed by atoms with Crippen LogP contribution in [-0.2, 0) is 0 Å². The number of thioether (sulfide) groups is 1. The monoisotopic (exact) mass is 279 g/mol. The standard InChI is InChI=1S/C16H25NOS/c1-4-17-15-11-13(6-5-9-19-3)18-16-8-7-12(2)10-14(15)16/h7-8,10,13,15,17H,4-6,9,11H2,1-3H3. The smallest absolute Gasteiger partial charge is 0.124 e. The Morgan fingerprint density at radius 2 is 2.26 bits per heavy atom. The van der Waals surface area contributed by atoms with Gasteiger partial charge in [-0.15, -0.1) is 0 Å². The molecule has 2 unspecified atom stereocenters. The molecule has 0 radical (unpaired) electrons. The molecular formula is C16H25NOS. The number of hydrogen-bond donors (Lipinski definition) is 1. The van der Waals surface area contributed by atoms with Crippen molar-refractivity contribution in [1.29, 1.82) is 0 Å². The number of hydrogen-bond acceptors (Lipinski definition) is 3. The van der Waals surface area contributed by atoms with E-state index in [4.69, 9.17) is 4.74 Å². The molecule has 0 aromatic heterocycles. The average Bonchev–Trinajstić information content (AvgIpc) is 2.40. The Morgan fingerprint density at radius 3 is 3.00 bits per heavy atom. The number of rotatable bonds is 6. The second kappa shape index (κ2) is 7.20. The fourth-order valence-electron chi connectivity index (χ4n) is 2.74. The Morgan fingerprint density at radius 1 is 1.42 bits per heavy atom. The molecule has 1 aromatic carbocycles. The highest BCUT2D eigenvalue weighted by Gasteiger charge is 2.27. The van der Waals surface area contributed by atoms with E-state index in [0.29, 0.717) is 12.1 Å². The second-order valence-electron chi connectivity index (χ2n) is 5.26. The van der Waals surface area contributed by atoms with Crippen molar-refractivity contribution in [2.24, 2.45) is 0 Å². The van der Waals surface area contributed by atoms with Crippen LogP contribution in [0.3, 0.4) is 0 Å². The normalized spacial score (nSPS) is 21.8. The van der Waals surface area contributed by atoms with Gasteiger partial charge in [-0.2, -0.15) is 11.8 Å². The fourth-order valence-corrected chi connectivity index (χ4v) is 3.19. The summed E-state index contributed by atoms with van der Waals surface area (Å²) in [5, 5.41) is 3.60. The molecule has 2 rings (SSSR count). The minimum Gasteiger partial charge on any atom is -0.490 e. The van der Waals surface area contributed by atoms with E-state index in [1.165, 1.54) is 23.3 Å². The first-order valence-electron chi connectivity index (χ1n) is 7.24. The molecule has 0 spiro atoms. The third kappa shape index (κ3) is 3.90. The largest absolute Gasteiger partial charge is 0.490 e. The van der Waals surface area contributed by atoms with Gasteiger partial charge in [-0.1, -0.05) is 24.6 Å². The predicted molar refractivity (Wildman–Crippen MR) is 84.2 cm³/mol. The predicted octanol–water partition coefficient (Wildman–Crippen LogP) is 3.94. The maximum atomic E-state index is 6.16. The molecule has 106 valence electrons. The van der Waals surface area contributed by atoms with Gasteiger partial charge in [0.2, 0.25) is 0 Å². The molecule has 0 aliphatic carbocycles. The van der Waals surface area contributed by atoms with Crippen LogP contribution in [0.4, 0.5) is 0 Å². The molecule has 19 heavy (non-hydrogen) atoms. The summed E-state index contributed by atoms with van der Waals surface area (Å²) in [6, 6.07) is 7.00. The van der Waals surface area contributed by atoms with E-state index in [-0.39, 0.29) is 0 Å². The first-order chi connectivity index (χ1) is 9.24. The van der Waals surface area contributed by atoms with Crippen LogP contribution in [-0.4, -0.2) is 24.7 Å². The SMILES string of the molecule is CCNC1CC(CCCSC)Oc2ccc(C)cc21. The van der Waals surface area contributed by atoms with Crippen LogP contribution in [0.15, 0.2) is 18.2 Å². The summed E-state index contributed by atoms with van der Waals surface area (Å²) < 4.78 is 6.16. The van der Waals surface area contributed by atoms with Crippen molar-refractivity contribution in [3.05, 3.63) is 29.3 Å². The number of ether oxygens (including phenoxy) is 1. The van der Waals surface area contributed by atoms with Gasteiger partial charge in [0.25, 0.3) is 0 Å². The van der Waals surface area contributed by atoms with E-state index in [1.54, 1.807) is 0 Å². The van der Waals surface area contributed by atoms with E-state index >= 15 is 0 Å². The Bertz CT molecular complexity index is 408. The molecule has 0 saturated heterocycles. The van der Waals surface area contributed by atoms with E-state index < -0.39 is 0 Å². The van der Waals surface area contributed by atoms with Crippen molar-refractivity contribution in [2.45, 2.75) is 45.3 Å². The quantitative estimate of drug-likeness (QED) is 0.797. The summed E-state index contributed by atoms with van der Waals surface area (Å²) in [6.45, 7) is 5.33. The number of fused-ring (bicyclic) bond motifs is 1. The fraction of sp³-hybridized carbons (Fsp3) is 0.625. The van der Waals surface area contributed by atoms with E-state index in [1.807, 2.05) is 11.8 Å². The number of aryl methyl sites for hydroxylation is 1. The highest BCUT2D eigenvalue weighted by Crippen LogP contribution is 2.36. The van der Waals surface area contributed by atoms with Crippen LogP contribution >= 0.6 is 11.8 Å². The van der Waals surface area contributed by atoms with Crippen LogP contribution in [0.5, 0.6) is 5.75 Å². The number of nitrogens with one attached hydrogen (secondary N) is 1. The Hall–Kier alpha value is -0.670. The lowest BCUT2D eigenvalue weighted by molar-refractivity contribution is 0.141. The molecule has 3 heteroatoms. The van der Waals surface area contributed by atoms with Gasteiger partial charge in [-0.05, 0) is 44.4 Å². The van der Waals surface area contributed by atoms with E-state index in [9.17, 15) is 0 Å². The molecule has 1 aromatic rings. The second-order valence-corrected chi connectivity index (χ2v) is 6.25. The lowest BCUT2D eigenvalue weighted by atomic mass is 9.93. The Labute approximate surface area is 121 Å². The Balaban J connectivity index is 2.09. The molecule has 0 saturated carbocycles. The maximum Gasteiger partial charge on any atom is 0.124 e. The van der Waals surface area contributed by atoms with Crippen LogP contribution in [0.2, 0.25) is 0 Å². The maximum absolute atomic E-state index is 6.16. The zero-order valence-corrected chi connectivity index (χ0v) is 13.1. The molecular weight excluding hydrogens is 254 g/mol. The first kappa shape index (κ1) is 14.7. The first-order valence-corrected chi connectivity index (χ1v) is 8.63. The molecule has 1 N–H and O–H groups in total. The van der Waals surface area contributed by atoms with Gasteiger partial charge in [0.05, 0.1) is 0 Å². The van der Waals surface area contributed by atoms with Gasteiger partial charge in [-0.25, -0.2) is 0 Å². The topological polar surface area (TPSA) is 21.3 Å². The third-order valence-electron chi connectivity index (χ3n) is 3.66. The van der Waals surface area contributed by atoms with Gasteiger partial charge < -0.3 is 10.1 Å². The van der Waals surface area contributed by atoms with Crippen molar-refractivity contribution in [3.63, 3.8) is 0 Å². The molecule has 1 aliphatic rings.